The average Bonchev–Trinajstić information content (AvgIpc) is 2.49. The lowest BCUT2D eigenvalue weighted by Crippen LogP contribution is -2.26. The normalized spacial score (nSPS) is 10.5. The molecule has 0 saturated heterocycles. The van der Waals surface area contributed by atoms with Gasteiger partial charge >= 0.3 is 0 Å². The zero-order valence-corrected chi connectivity index (χ0v) is 12.1. The van der Waals surface area contributed by atoms with Gasteiger partial charge < -0.3 is 4.90 Å². The fourth-order valence-electron chi connectivity index (χ4n) is 2.09. The van der Waals surface area contributed by atoms with Crippen LogP contribution in [0, 0.1) is 11.6 Å². The van der Waals surface area contributed by atoms with Gasteiger partial charge in [-0.1, -0.05) is 19.1 Å². The molecule has 0 aromatic heterocycles. The van der Waals surface area contributed by atoms with E-state index in [1.54, 1.807) is 11.9 Å². The molecule has 2 aromatic rings. The van der Waals surface area contributed by atoms with E-state index in [-0.39, 0.29) is 12.1 Å². The molecule has 0 aliphatic carbocycles. The highest BCUT2D eigenvalue weighted by atomic mass is 19.1. The van der Waals surface area contributed by atoms with Crippen molar-refractivity contribution in [3.05, 3.63) is 65.2 Å². The highest BCUT2D eigenvalue weighted by Crippen LogP contribution is 2.16. The molecule has 0 spiro atoms. The van der Waals surface area contributed by atoms with E-state index in [1.165, 1.54) is 5.56 Å². The van der Waals surface area contributed by atoms with Crippen LogP contribution in [0.15, 0.2) is 42.5 Å². The molecule has 0 unspecified atom stereocenters. The Morgan fingerprint density at radius 3 is 2.38 bits per heavy atom. The van der Waals surface area contributed by atoms with Crippen molar-refractivity contribution in [3.8, 4) is 0 Å². The van der Waals surface area contributed by atoms with Crippen LogP contribution in [0.1, 0.15) is 22.8 Å². The summed E-state index contributed by atoms with van der Waals surface area (Å²) in [5.74, 6) is -1.76. The first-order valence-corrected chi connectivity index (χ1v) is 6.79. The number of halogens is 2. The van der Waals surface area contributed by atoms with E-state index in [4.69, 9.17) is 0 Å². The Bertz CT molecular complexity index is 638. The van der Waals surface area contributed by atoms with Gasteiger partial charge in [0, 0.05) is 12.7 Å². The minimum Gasteiger partial charge on any atom is -0.367 e. The Hall–Kier alpha value is -2.23. The molecule has 110 valence electrons. The Morgan fingerprint density at radius 1 is 1.10 bits per heavy atom. The number of carbonyl (C=O) groups excluding carboxylic acids is 1. The summed E-state index contributed by atoms with van der Waals surface area (Å²) < 4.78 is 26.7. The van der Waals surface area contributed by atoms with Gasteiger partial charge in [0.25, 0.3) is 0 Å². The summed E-state index contributed by atoms with van der Waals surface area (Å²) in [5, 5.41) is 0. The monoisotopic (exact) mass is 289 g/mol. The summed E-state index contributed by atoms with van der Waals surface area (Å²) >= 11 is 0. The molecule has 0 N–H and O–H groups in total. The summed E-state index contributed by atoms with van der Waals surface area (Å²) in [6, 6.07) is 10.7. The van der Waals surface area contributed by atoms with Crippen LogP contribution in [0.25, 0.3) is 0 Å². The zero-order chi connectivity index (χ0) is 15.4. The van der Waals surface area contributed by atoms with Crippen LogP contribution in [-0.4, -0.2) is 19.4 Å². The fraction of sp³-hybridized carbons (Fsp3) is 0.235. The van der Waals surface area contributed by atoms with E-state index in [1.807, 2.05) is 24.3 Å². The second-order valence-corrected chi connectivity index (χ2v) is 4.92. The van der Waals surface area contributed by atoms with Crippen LogP contribution in [0.3, 0.4) is 0 Å². The van der Waals surface area contributed by atoms with E-state index in [0.29, 0.717) is 0 Å². The number of Topliss-reactive ketones (excluding diaryl/α,β-unsaturated/α-hetero) is 1. The third-order valence-corrected chi connectivity index (χ3v) is 3.39. The number of rotatable bonds is 5. The molecule has 0 heterocycles. The number of anilines is 1. The van der Waals surface area contributed by atoms with E-state index in [2.05, 4.69) is 6.92 Å². The quantitative estimate of drug-likeness (QED) is 0.779. The Balaban J connectivity index is 2.12. The van der Waals surface area contributed by atoms with Gasteiger partial charge in [-0.25, -0.2) is 8.78 Å². The predicted molar refractivity (Wildman–Crippen MR) is 79.8 cm³/mol. The molecule has 0 radical (unpaired) electrons. The zero-order valence-electron chi connectivity index (χ0n) is 12.1. The lowest BCUT2D eigenvalue weighted by molar-refractivity contribution is 0.0996. The first kappa shape index (κ1) is 15.2. The molecule has 2 nitrogen and oxygen atoms in total. The van der Waals surface area contributed by atoms with Crippen LogP contribution in [0.4, 0.5) is 14.5 Å². The van der Waals surface area contributed by atoms with Gasteiger partial charge in [-0.3, -0.25) is 4.79 Å². The van der Waals surface area contributed by atoms with Crippen LogP contribution < -0.4 is 4.90 Å². The molecule has 21 heavy (non-hydrogen) atoms. The van der Waals surface area contributed by atoms with Crippen molar-refractivity contribution in [2.24, 2.45) is 0 Å². The standard InChI is InChI=1S/C17H17F2NO/c1-3-12-4-7-14(8-5-12)20(2)11-17(21)15-10-13(18)6-9-16(15)19/h4-10H,3,11H2,1-2H3. The third-order valence-electron chi connectivity index (χ3n) is 3.39. The van der Waals surface area contributed by atoms with Crippen LogP contribution in [0.5, 0.6) is 0 Å². The van der Waals surface area contributed by atoms with Crippen molar-refractivity contribution in [1.29, 1.82) is 0 Å². The Morgan fingerprint density at radius 2 is 1.76 bits per heavy atom. The maximum Gasteiger partial charge on any atom is 0.185 e. The topological polar surface area (TPSA) is 20.3 Å². The number of hydrogen-bond donors (Lipinski definition) is 0. The van der Waals surface area contributed by atoms with E-state index >= 15 is 0 Å². The van der Waals surface area contributed by atoms with Crippen molar-refractivity contribution in [2.45, 2.75) is 13.3 Å². The number of aryl methyl sites for hydroxylation is 1. The number of carbonyl (C=O) groups is 1. The molecular formula is C17H17F2NO. The summed E-state index contributed by atoms with van der Waals surface area (Å²) in [5.41, 5.74) is 1.85. The van der Waals surface area contributed by atoms with Crippen LogP contribution in [0.2, 0.25) is 0 Å². The van der Waals surface area contributed by atoms with Crippen LogP contribution >= 0.6 is 0 Å². The van der Waals surface area contributed by atoms with Crippen molar-refractivity contribution < 1.29 is 13.6 Å². The van der Waals surface area contributed by atoms with Gasteiger partial charge in [0.1, 0.15) is 11.6 Å². The lowest BCUT2D eigenvalue weighted by Gasteiger charge is -2.19. The predicted octanol–water partition coefficient (Wildman–Crippen LogP) is 3.85. The van der Waals surface area contributed by atoms with Gasteiger partial charge in [0.05, 0.1) is 12.1 Å². The molecule has 2 aromatic carbocycles. The first-order valence-electron chi connectivity index (χ1n) is 6.79. The maximum atomic E-state index is 13.6. The van der Waals surface area contributed by atoms with E-state index in [9.17, 15) is 13.6 Å². The molecule has 0 aliphatic rings. The minimum absolute atomic E-state index is 0.00809. The molecule has 0 atom stereocenters. The largest absolute Gasteiger partial charge is 0.367 e. The molecule has 4 heteroatoms. The number of likely N-dealkylation sites (N-methyl/N-ethyl adjacent to an activating group) is 1. The fourth-order valence-corrected chi connectivity index (χ4v) is 2.09. The average molecular weight is 289 g/mol. The van der Waals surface area contributed by atoms with Gasteiger partial charge in [-0.15, -0.1) is 0 Å². The summed E-state index contributed by atoms with van der Waals surface area (Å²) in [6.45, 7) is 2.06. The van der Waals surface area contributed by atoms with Gasteiger partial charge in [0.2, 0.25) is 0 Å². The van der Waals surface area contributed by atoms with Crippen molar-refractivity contribution in [1.82, 2.24) is 0 Å². The SMILES string of the molecule is CCc1ccc(N(C)CC(=O)c2cc(F)ccc2F)cc1. The highest BCUT2D eigenvalue weighted by molar-refractivity contribution is 5.99. The molecular weight excluding hydrogens is 272 g/mol. The first-order chi connectivity index (χ1) is 10.0. The number of benzene rings is 2. The van der Waals surface area contributed by atoms with Gasteiger partial charge in [-0.05, 0) is 42.3 Å². The second-order valence-electron chi connectivity index (χ2n) is 4.92. The number of ketones is 1. The van der Waals surface area contributed by atoms with Crippen molar-refractivity contribution >= 4 is 11.5 Å². The smallest absolute Gasteiger partial charge is 0.185 e. The van der Waals surface area contributed by atoms with Crippen molar-refractivity contribution in [3.63, 3.8) is 0 Å². The van der Waals surface area contributed by atoms with Gasteiger partial charge in [-0.2, -0.15) is 0 Å². The third kappa shape index (κ3) is 3.66. The molecule has 0 amide bonds. The number of hydrogen-bond acceptors (Lipinski definition) is 2. The minimum atomic E-state index is -0.698. The maximum absolute atomic E-state index is 13.6. The molecule has 0 saturated carbocycles. The molecule has 2 rings (SSSR count). The second kappa shape index (κ2) is 6.48. The van der Waals surface area contributed by atoms with E-state index in [0.717, 1.165) is 30.3 Å². The summed E-state index contributed by atoms with van der Waals surface area (Å²) in [6.07, 6.45) is 0.942. The molecule has 0 aliphatic heterocycles. The summed E-state index contributed by atoms with van der Waals surface area (Å²) in [4.78, 5) is 13.8. The lowest BCUT2D eigenvalue weighted by atomic mass is 10.1. The molecule has 0 fully saturated rings. The Labute approximate surface area is 123 Å². The van der Waals surface area contributed by atoms with Crippen LogP contribution in [-0.2, 0) is 6.42 Å². The highest BCUT2D eigenvalue weighted by Gasteiger charge is 2.15. The van der Waals surface area contributed by atoms with Gasteiger partial charge in [0.15, 0.2) is 5.78 Å². The number of nitrogens with zero attached hydrogens (tertiary/aromatic N) is 1. The van der Waals surface area contributed by atoms with E-state index < -0.39 is 17.4 Å². The summed E-state index contributed by atoms with van der Waals surface area (Å²) in [7, 11) is 1.75. The Kier molecular flexibility index (Phi) is 4.68. The van der Waals surface area contributed by atoms with Crippen molar-refractivity contribution in [2.75, 3.05) is 18.5 Å². The molecule has 0 bridgehead atoms.